The number of anilines is 1. The quantitative estimate of drug-likeness (QED) is 0.337. The van der Waals surface area contributed by atoms with Gasteiger partial charge in [-0.15, -0.1) is 0 Å². The van der Waals surface area contributed by atoms with Gasteiger partial charge < -0.3 is 20.1 Å². The molecule has 4 aromatic rings. The summed E-state index contributed by atoms with van der Waals surface area (Å²) in [5.74, 6) is -0.397. The molecule has 1 fully saturated rings. The molecule has 1 amide bonds. The number of hydrogen-bond acceptors (Lipinski definition) is 3. The van der Waals surface area contributed by atoms with Crippen molar-refractivity contribution in [1.82, 2.24) is 19.8 Å². The highest BCUT2D eigenvalue weighted by molar-refractivity contribution is 7.80. The summed E-state index contributed by atoms with van der Waals surface area (Å²) in [6.45, 7) is 2.37. The fraction of sp³-hybridized carbons (Fsp3) is 0.179. The first-order valence-electron chi connectivity index (χ1n) is 11.8. The molecule has 0 unspecified atom stereocenters. The number of nitrogens with zero attached hydrogens (tertiary/aromatic N) is 3. The van der Waals surface area contributed by atoms with Gasteiger partial charge in [-0.05, 0) is 73.2 Å². The Bertz CT molecular complexity index is 1390. The highest BCUT2D eigenvalue weighted by Crippen LogP contribution is 2.39. The first-order valence-corrected chi connectivity index (χ1v) is 12.2. The van der Waals surface area contributed by atoms with E-state index in [1.807, 2.05) is 83.3 Å². The molecule has 0 saturated carbocycles. The summed E-state index contributed by atoms with van der Waals surface area (Å²) in [6.07, 6.45) is 3.91. The molecule has 8 heteroatoms. The molecule has 0 aliphatic carbocycles. The number of benzene rings is 2. The smallest absolute Gasteiger partial charge is 0.226 e. The monoisotopic (exact) mass is 499 g/mol. The van der Waals surface area contributed by atoms with Crippen LogP contribution < -0.4 is 10.6 Å². The zero-order valence-corrected chi connectivity index (χ0v) is 20.6. The van der Waals surface area contributed by atoms with Crippen LogP contribution in [0.2, 0.25) is 0 Å². The fourth-order valence-corrected chi connectivity index (χ4v) is 4.94. The Morgan fingerprint density at radius 3 is 2.69 bits per heavy atom. The van der Waals surface area contributed by atoms with E-state index in [2.05, 4.69) is 15.6 Å². The number of hydrogen-bond donors (Lipinski definition) is 2. The fourth-order valence-electron chi connectivity index (χ4n) is 4.61. The number of carbonyl (C=O) groups is 1. The molecular weight excluding hydrogens is 473 g/mol. The third kappa shape index (κ3) is 4.85. The number of carbonyl (C=O) groups excluding carboxylic acids is 1. The van der Waals surface area contributed by atoms with Crippen molar-refractivity contribution in [2.24, 2.45) is 0 Å². The number of rotatable bonds is 7. The zero-order valence-electron chi connectivity index (χ0n) is 19.8. The third-order valence-corrected chi connectivity index (χ3v) is 6.72. The van der Waals surface area contributed by atoms with E-state index in [0.29, 0.717) is 17.3 Å². The lowest BCUT2D eigenvalue weighted by Crippen LogP contribution is -2.33. The van der Waals surface area contributed by atoms with E-state index >= 15 is 0 Å². The van der Waals surface area contributed by atoms with Crippen molar-refractivity contribution >= 4 is 28.9 Å². The minimum Gasteiger partial charge on any atom is -0.352 e. The standard InChI is InChI=1S/C28H26FN5OS/c1-19-8-2-3-11-22(19)31-25(35)14-17-34-27(26(32-28(34)36)23-12-4-5-15-30-23)24-13-7-16-33(24)21-10-6-9-20(29)18-21/h2-13,15-16,18,26-27H,14,17H2,1H3,(H,31,35)(H,32,36)/t26-,27-/m0/s1. The van der Waals surface area contributed by atoms with Gasteiger partial charge in [-0.1, -0.05) is 30.3 Å². The molecule has 6 nitrogen and oxygen atoms in total. The number of amides is 1. The maximum absolute atomic E-state index is 14.1. The van der Waals surface area contributed by atoms with Crippen LogP contribution in [0.25, 0.3) is 5.69 Å². The minimum absolute atomic E-state index is 0.0901. The van der Waals surface area contributed by atoms with Gasteiger partial charge in [0.25, 0.3) is 0 Å². The molecule has 1 saturated heterocycles. The number of aryl methyl sites for hydroxylation is 1. The van der Waals surface area contributed by atoms with Gasteiger partial charge in [0.1, 0.15) is 5.82 Å². The molecule has 1 aliphatic heterocycles. The van der Waals surface area contributed by atoms with Gasteiger partial charge in [-0.25, -0.2) is 4.39 Å². The Balaban J connectivity index is 1.45. The topological polar surface area (TPSA) is 62.2 Å². The van der Waals surface area contributed by atoms with Crippen LogP contribution in [0.15, 0.2) is 91.3 Å². The molecule has 0 radical (unpaired) electrons. The van der Waals surface area contributed by atoms with Crippen molar-refractivity contribution in [1.29, 1.82) is 0 Å². The van der Waals surface area contributed by atoms with Crippen molar-refractivity contribution in [2.75, 3.05) is 11.9 Å². The van der Waals surface area contributed by atoms with Gasteiger partial charge in [0, 0.05) is 42.4 Å². The van der Waals surface area contributed by atoms with Crippen molar-refractivity contribution in [2.45, 2.75) is 25.4 Å². The number of pyridine rings is 1. The van der Waals surface area contributed by atoms with Crippen LogP contribution in [0.4, 0.5) is 10.1 Å². The predicted molar refractivity (Wildman–Crippen MR) is 142 cm³/mol. The molecule has 2 atom stereocenters. The predicted octanol–water partition coefficient (Wildman–Crippen LogP) is 5.32. The van der Waals surface area contributed by atoms with Gasteiger partial charge in [0.2, 0.25) is 5.91 Å². The molecule has 0 spiro atoms. The second kappa shape index (κ2) is 10.3. The number of aromatic nitrogens is 2. The summed E-state index contributed by atoms with van der Waals surface area (Å²) >= 11 is 5.74. The lowest BCUT2D eigenvalue weighted by molar-refractivity contribution is -0.116. The summed E-state index contributed by atoms with van der Waals surface area (Å²) in [4.78, 5) is 19.4. The van der Waals surface area contributed by atoms with Gasteiger partial charge in [0.15, 0.2) is 5.11 Å². The third-order valence-electron chi connectivity index (χ3n) is 6.37. The average molecular weight is 500 g/mol. The summed E-state index contributed by atoms with van der Waals surface area (Å²) in [6, 6.07) is 23.4. The van der Waals surface area contributed by atoms with Crippen LogP contribution in [0.1, 0.15) is 35.5 Å². The molecule has 2 aromatic heterocycles. The number of halogens is 1. The maximum atomic E-state index is 14.1. The Morgan fingerprint density at radius 1 is 1.08 bits per heavy atom. The molecular formula is C28H26FN5OS. The van der Waals surface area contributed by atoms with Crippen molar-refractivity contribution in [3.63, 3.8) is 0 Å². The number of thiocarbonyl (C=S) groups is 1. The van der Waals surface area contributed by atoms with Gasteiger partial charge in [-0.3, -0.25) is 9.78 Å². The molecule has 0 bridgehead atoms. The van der Waals surface area contributed by atoms with Crippen LogP contribution in [0, 0.1) is 12.7 Å². The van der Waals surface area contributed by atoms with E-state index in [9.17, 15) is 9.18 Å². The lowest BCUT2D eigenvalue weighted by Gasteiger charge is -2.29. The van der Waals surface area contributed by atoms with Crippen molar-refractivity contribution in [3.05, 3.63) is 114 Å². The van der Waals surface area contributed by atoms with E-state index in [4.69, 9.17) is 12.2 Å². The molecule has 3 heterocycles. The molecule has 36 heavy (non-hydrogen) atoms. The van der Waals surface area contributed by atoms with Gasteiger partial charge >= 0.3 is 0 Å². The van der Waals surface area contributed by atoms with Crippen LogP contribution in [-0.4, -0.2) is 32.0 Å². The molecule has 1 aliphatic rings. The second-order valence-electron chi connectivity index (χ2n) is 8.72. The van der Waals surface area contributed by atoms with E-state index in [1.54, 1.807) is 12.3 Å². The summed E-state index contributed by atoms with van der Waals surface area (Å²) in [5, 5.41) is 6.95. The Morgan fingerprint density at radius 2 is 1.92 bits per heavy atom. The maximum Gasteiger partial charge on any atom is 0.226 e. The SMILES string of the molecule is Cc1ccccc1NC(=O)CCN1C(=S)N[C@@H](c2ccccn2)[C@@H]1c1cccn1-c1cccc(F)c1. The van der Waals surface area contributed by atoms with E-state index in [-0.39, 0.29) is 30.2 Å². The highest BCUT2D eigenvalue weighted by atomic mass is 32.1. The Labute approximate surface area is 214 Å². The minimum atomic E-state index is -0.307. The van der Waals surface area contributed by atoms with Gasteiger partial charge in [-0.2, -0.15) is 0 Å². The molecule has 2 aromatic carbocycles. The summed E-state index contributed by atoms with van der Waals surface area (Å²) in [5.41, 5.74) is 4.27. The van der Waals surface area contributed by atoms with Crippen LogP contribution in [0.5, 0.6) is 0 Å². The Hall–Kier alpha value is -4.04. The van der Waals surface area contributed by atoms with Crippen LogP contribution in [-0.2, 0) is 4.79 Å². The van der Waals surface area contributed by atoms with Crippen LogP contribution >= 0.6 is 12.2 Å². The van der Waals surface area contributed by atoms with E-state index in [1.165, 1.54) is 12.1 Å². The normalized spacial score (nSPS) is 17.2. The second-order valence-corrected chi connectivity index (χ2v) is 9.10. The average Bonchev–Trinajstić information content (AvgIpc) is 3.49. The first-order chi connectivity index (χ1) is 17.5. The van der Waals surface area contributed by atoms with E-state index in [0.717, 1.165) is 22.6 Å². The lowest BCUT2D eigenvalue weighted by atomic mass is 10.0. The first kappa shape index (κ1) is 23.7. The molecule has 5 rings (SSSR count). The number of nitrogens with one attached hydrogen (secondary N) is 2. The summed E-state index contributed by atoms with van der Waals surface area (Å²) < 4.78 is 16.0. The zero-order chi connectivity index (χ0) is 25.1. The summed E-state index contributed by atoms with van der Waals surface area (Å²) in [7, 11) is 0. The highest BCUT2D eigenvalue weighted by Gasteiger charge is 2.41. The molecule has 2 N–H and O–H groups in total. The molecule has 182 valence electrons. The number of para-hydroxylation sites is 1. The van der Waals surface area contributed by atoms with Crippen molar-refractivity contribution < 1.29 is 9.18 Å². The Kier molecular flexibility index (Phi) is 6.77. The van der Waals surface area contributed by atoms with E-state index < -0.39 is 0 Å². The van der Waals surface area contributed by atoms with Crippen molar-refractivity contribution in [3.8, 4) is 5.69 Å². The van der Waals surface area contributed by atoms with Gasteiger partial charge in [0.05, 0.1) is 17.8 Å². The largest absolute Gasteiger partial charge is 0.352 e. The van der Waals surface area contributed by atoms with Crippen LogP contribution in [0.3, 0.4) is 0 Å².